The van der Waals surface area contributed by atoms with E-state index in [-0.39, 0.29) is 17.8 Å². The first-order valence-electron chi connectivity index (χ1n) is 9.93. The van der Waals surface area contributed by atoms with Gasteiger partial charge in [-0.2, -0.15) is 4.98 Å². The number of para-hydroxylation sites is 1. The Hall–Kier alpha value is -2.48. The second-order valence-corrected chi connectivity index (χ2v) is 7.43. The van der Waals surface area contributed by atoms with Crippen molar-refractivity contribution in [3.05, 3.63) is 41.8 Å². The molecule has 2 fully saturated rings. The van der Waals surface area contributed by atoms with Crippen LogP contribution in [0.5, 0.6) is 0 Å². The number of hydrogen-bond acceptors (Lipinski definition) is 5. The summed E-state index contributed by atoms with van der Waals surface area (Å²) in [6.45, 7) is 1.93. The van der Waals surface area contributed by atoms with Crippen molar-refractivity contribution in [1.82, 2.24) is 15.0 Å². The Labute approximate surface area is 163 Å². The monoisotopic (exact) mass is 388 g/mol. The van der Waals surface area contributed by atoms with Gasteiger partial charge in [-0.15, -0.1) is 0 Å². The number of amides is 2. The average Bonchev–Trinajstić information content (AvgIpc) is 3.42. The summed E-state index contributed by atoms with van der Waals surface area (Å²) in [5.74, 6) is 1.28. The van der Waals surface area contributed by atoms with E-state index >= 15 is 0 Å². The molecule has 2 heterocycles. The molecule has 7 nitrogen and oxygen atoms in total. The Balaban J connectivity index is 1.37. The third kappa shape index (κ3) is 4.67. The summed E-state index contributed by atoms with van der Waals surface area (Å²) in [6, 6.07) is 5.47. The lowest BCUT2D eigenvalue weighted by atomic mass is 10.0. The van der Waals surface area contributed by atoms with Gasteiger partial charge in [-0.05, 0) is 50.2 Å². The number of carbonyl (C=O) groups excluding carboxylic acids is 1. The lowest BCUT2D eigenvalue weighted by Gasteiger charge is -2.33. The molecule has 1 aliphatic carbocycles. The summed E-state index contributed by atoms with van der Waals surface area (Å²) in [7, 11) is 0. The predicted octanol–water partition coefficient (Wildman–Crippen LogP) is 3.94. The highest BCUT2D eigenvalue weighted by molar-refractivity contribution is 5.89. The molecular formula is C20H25FN4O3. The number of nitrogens with zero attached hydrogens (tertiary/aromatic N) is 3. The lowest BCUT2D eigenvalue weighted by Crippen LogP contribution is -2.41. The Morgan fingerprint density at radius 3 is 2.96 bits per heavy atom. The zero-order valence-corrected chi connectivity index (χ0v) is 15.8. The van der Waals surface area contributed by atoms with E-state index in [4.69, 9.17) is 9.26 Å². The first kappa shape index (κ1) is 18.9. The maximum Gasteiger partial charge on any atom is 0.322 e. The zero-order valence-electron chi connectivity index (χ0n) is 15.8. The van der Waals surface area contributed by atoms with Crippen molar-refractivity contribution < 1.29 is 18.4 Å². The van der Waals surface area contributed by atoms with E-state index < -0.39 is 5.82 Å². The highest BCUT2D eigenvalue weighted by atomic mass is 19.1. The summed E-state index contributed by atoms with van der Waals surface area (Å²) in [6.07, 6.45) is 5.71. The Morgan fingerprint density at radius 1 is 1.29 bits per heavy atom. The van der Waals surface area contributed by atoms with Gasteiger partial charge in [0.2, 0.25) is 5.89 Å². The van der Waals surface area contributed by atoms with Crippen LogP contribution < -0.4 is 5.32 Å². The Bertz CT molecular complexity index is 808. The second-order valence-electron chi connectivity index (χ2n) is 7.43. The molecule has 2 aliphatic rings. The van der Waals surface area contributed by atoms with Crippen molar-refractivity contribution >= 4 is 11.7 Å². The van der Waals surface area contributed by atoms with Crippen LogP contribution >= 0.6 is 0 Å². The van der Waals surface area contributed by atoms with E-state index in [9.17, 15) is 9.18 Å². The fourth-order valence-electron chi connectivity index (χ4n) is 3.38. The number of halogens is 1. The molecule has 2 amide bonds. The molecule has 4 rings (SSSR count). The van der Waals surface area contributed by atoms with E-state index in [1.807, 2.05) is 0 Å². The number of benzene rings is 1. The summed E-state index contributed by atoms with van der Waals surface area (Å²) in [4.78, 5) is 18.8. The van der Waals surface area contributed by atoms with Crippen LogP contribution in [0.4, 0.5) is 14.9 Å². The fraction of sp³-hybridized carbons (Fsp3) is 0.550. The summed E-state index contributed by atoms with van der Waals surface area (Å²) < 4.78 is 24.9. The molecule has 28 heavy (non-hydrogen) atoms. The van der Waals surface area contributed by atoms with E-state index in [0.717, 1.165) is 31.8 Å². The molecule has 0 spiro atoms. The van der Waals surface area contributed by atoms with Crippen LogP contribution in [0.1, 0.15) is 49.9 Å². The minimum Gasteiger partial charge on any atom is -0.381 e. The first-order valence-corrected chi connectivity index (χ1v) is 9.93. The van der Waals surface area contributed by atoms with Gasteiger partial charge in [-0.25, -0.2) is 9.18 Å². The summed E-state index contributed by atoms with van der Waals surface area (Å²) in [5, 5.41) is 6.68. The van der Waals surface area contributed by atoms with Crippen molar-refractivity contribution in [1.29, 1.82) is 0 Å². The number of aromatic nitrogens is 2. The molecule has 1 aliphatic heterocycles. The van der Waals surface area contributed by atoms with Crippen molar-refractivity contribution in [3.63, 3.8) is 0 Å². The van der Waals surface area contributed by atoms with E-state index in [1.165, 1.54) is 18.9 Å². The highest BCUT2D eigenvalue weighted by Crippen LogP contribution is 2.31. The largest absolute Gasteiger partial charge is 0.381 e. The number of nitrogens with one attached hydrogen (secondary N) is 1. The summed E-state index contributed by atoms with van der Waals surface area (Å²) in [5.41, 5.74) is 0.163. The van der Waals surface area contributed by atoms with Gasteiger partial charge >= 0.3 is 6.03 Å². The average molecular weight is 388 g/mol. The molecule has 1 unspecified atom stereocenters. The number of carbonyl (C=O) groups is 1. The molecule has 0 radical (unpaired) electrons. The maximum absolute atomic E-state index is 13.9. The topological polar surface area (TPSA) is 80.5 Å². The highest BCUT2D eigenvalue weighted by Gasteiger charge is 2.32. The Kier molecular flexibility index (Phi) is 5.85. The van der Waals surface area contributed by atoms with Crippen LogP contribution in [0.15, 0.2) is 28.8 Å². The quantitative estimate of drug-likeness (QED) is 0.727. The van der Waals surface area contributed by atoms with Crippen molar-refractivity contribution in [3.8, 4) is 0 Å². The minimum absolute atomic E-state index is 0.163. The van der Waals surface area contributed by atoms with E-state index in [1.54, 1.807) is 23.1 Å². The number of likely N-dealkylation sites (tertiary alicyclic amines) is 1. The third-order valence-corrected chi connectivity index (χ3v) is 5.17. The number of ether oxygens (including phenoxy) is 1. The van der Waals surface area contributed by atoms with Gasteiger partial charge in [0.15, 0.2) is 5.82 Å². The van der Waals surface area contributed by atoms with Gasteiger partial charge in [-0.1, -0.05) is 17.3 Å². The number of urea groups is 1. The van der Waals surface area contributed by atoms with Crippen LogP contribution in [-0.2, 0) is 11.2 Å². The molecule has 1 aromatic carbocycles. The number of hydrogen-bond donors (Lipinski definition) is 1. The van der Waals surface area contributed by atoms with E-state index in [0.29, 0.717) is 31.3 Å². The normalized spacial score (nSPS) is 19.6. The van der Waals surface area contributed by atoms with E-state index in [2.05, 4.69) is 15.5 Å². The van der Waals surface area contributed by atoms with Crippen molar-refractivity contribution in [2.75, 3.05) is 25.1 Å². The standard InChI is InChI=1S/C20H25FN4O3/c21-15-5-1-2-6-16(15)22-20(26)25-11-4-3-7-17(25)19-23-18(24-28-19)10-12-27-13-14-8-9-14/h1-2,5-6,14,17H,3-4,7-13H2,(H,22,26). The number of piperidine rings is 1. The number of anilines is 1. The summed E-state index contributed by atoms with van der Waals surface area (Å²) >= 11 is 0. The molecule has 0 bridgehead atoms. The van der Waals surface area contributed by atoms with Crippen molar-refractivity contribution in [2.24, 2.45) is 5.92 Å². The van der Waals surface area contributed by atoms with Gasteiger partial charge in [-0.3, -0.25) is 0 Å². The minimum atomic E-state index is -0.462. The zero-order chi connectivity index (χ0) is 19.3. The molecule has 1 aromatic heterocycles. The van der Waals surface area contributed by atoms with Crippen LogP contribution in [0.3, 0.4) is 0 Å². The van der Waals surface area contributed by atoms with Gasteiger partial charge in [0.1, 0.15) is 11.9 Å². The Morgan fingerprint density at radius 2 is 2.14 bits per heavy atom. The SMILES string of the molecule is O=C(Nc1ccccc1F)N1CCCCC1c1nc(CCOCC2CC2)no1. The van der Waals surface area contributed by atoms with Gasteiger partial charge < -0.3 is 19.5 Å². The number of rotatable bonds is 7. The molecule has 1 saturated carbocycles. The first-order chi connectivity index (χ1) is 13.7. The smallest absolute Gasteiger partial charge is 0.322 e. The molecule has 8 heteroatoms. The molecule has 1 saturated heterocycles. The van der Waals surface area contributed by atoms with Gasteiger partial charge in [0.05, 0.1) is 12.3 Å². The van der Waals surface area contributed by atoms with Crippen LogP contribution in [0.25, 0.3) is 0 Å². The van der Waals surface area contributed by atoms with Crippen LogP contribution in [-0.4, -0.2) is 40.8 Å². The van der Waals surface area contributed by atoms with Gasteiger partial charge in [0.25, 0.3) is 0 Å². The molecule has 2 aromatic rings. The van der Waals surface area contributed by atoms with Crippen LogP contribution in [0, 0.1) is 11.7 Å². The molecule has 150 valence electrons. The fourth-order valence-corrected chi connectivity index (χ4v) is 3.38. The maximum atomic E-state index is 13.9. The van der Waals surface area contributed by atoms with Crippen molar-refractivity contribution in [2.45, 2.75) is 44.6 Å². The molecular weight excluding hydrogens is 363 g/mol. The van der Waals surface area contributed by atoms with Crippen LogP contribution in [0.2, 0.25) is 0 Å². The molecule has 1 atom stereocenters. The molecule has 1 N–H and O–H groups in total. The van der Waals surface area contributed by atoms with Gasteiger partial charge in [0, 0.05) is 19.6 Å². The lowest BCUT2D eigenvalue weighted by molar-refractivity contribution is 0.125. The third-order valence-electron chi connectivity index (χ3n) is 5.17. The second kappa shape index (κ2) is 8.68. The predicted molar refractivity (Wildman–Crippen MR) is 100 cm³/mol.